The molecular formula is C14H10N4O5. The van der Waals surface area contributed by atoms with Gasteiger partial charge in [0, 0.05) is 17.7 Å². The van der Waals surface area contributed by atoms with Crippen LogP contribution >= 0.6 is 0 Å². The van der Waals surface area contributed by atoms with Crippen molar-refractivity contribution in [3.63, 3.8) is 0 Å². The number of aliphatic imine (C=N–C) groups is 1. The predicted octanol–water partition coefficient (Wildman–Crippen LogP) is 1.44. The SMILES string of the molecule is O=C1NC(=O)C(N=Cc2ccc(-c3cccc([N+](=O)[O-])c3)o2)N1. The number of carbonyl (C=O) groups excluding carboxylic acids is 2. The number of nitro groups is 1. The summed E-state index contributed by atoms with van der Waals surface area (Å²) in [5.41, 5.74) is 0.505. The van der Waals surface area contributed by atoms with Crippen LogP contribution in [0, 0.1) is 10.1 Å². The Balaban J connectivity index is 1.78. The highest BCUT2D eigenvalue weighted by atomic mass is 16.6. The third kappa shape index (κ3) is 3.07. The average Bonchev–Trinajstić information content (AvgIpc) is 3.11. The first-order valence-corrected chi connectivity index (χ1v) is 6.52. The number of carbonyl (C=O) groups is 2. The first kappa shape index (κ1) is 14.4. The quantitative estimate of drug-likeness (QED) is 0.382. The van der Waals surface area contributed by atoms with Crippen molar-refractivity contribution in [2.24, 2.45) is 4.99 Å². The summed E-state index contributed by atoms with van der Waals surface area (Å²) in [6, 6.07) is 8.65. The van der Waals surface area contributed by atoms with Crippen molar-refractivity contribution in [1.29, 1.82) is 0 Å². The normalized spacial score (nSPS) is 17.3. The number of benzene rings is 1. The smallest absolute Gasteiger partial charge is 0.323 e. The molecule has 1 fully saturated rings. The lowest BCUT2D eigenvalue weighted by Crippen LogP contribution is -2.26. The molecule has 1 atom stereocenters. The van der Waals surface area contributed by atoms with Gasteiger partial charge in [-0.15, -0.1) is 0 Å². The Morgan fingerprint density at radius 1 is 1.26 bits per heavy atom. The molecule has 0 radical (unpaired) electrons. The lowest BCUT2D eigenvalue weighted by molar-refractivity contribution is -0.384. The first-order chi connectivity index (χ1) is 11.0. The van der Waals surface area contributed by atoms with E-state index in [1.165, 1.54) is 18.3 Å². The van der Waals surface area contributed by atoms with E-state index < -0.39 is 23.0 Å². The lowest BCUT2D eigenvalue weighted by atomic mass is 10.1. The van der Waals surface area contributed by atoms with E-state index in [1.54, 1.807) is 24.3 Å². The van der Waals surface area contributed by atoms with Crippen LogP contribution in [0.2, 0.25) is 0 Å². The zero-order chi connectivity index (χ0) is 16.4. The third-order valence-electron chi connectivity index (χ3n) is 3.07. The number of hydrogen-bond donors (Lipinski definition) is 2. The van der Waals surface area contributed by atoms with E-state index in [4.69, 9.17) is 4.42 Å². The van der Waals surface area contributed by atoms with Crippen LogP contribution < -0.4 is 10.6 Å². The van der Waals surface area contributed by atoms with E-state index in [0.717, 1.165) is 0 Å². The van der Waals surface area contributed by atoms with E-state index >= 15 is 0 Å². The van der Waals surface area contributed by atoms with Crippen molar-refractivity contribution in [3.05, 3.63) is 52.3 Å². The molecule has 1 unspecified atom stereocenters. The zero-order valence-corrected chi connectivity index (χ0v) is 11.6. The number of imide groups is 1. The molecule has 2 N–H and O–H groups in total. The van der Waals surface area contributed by atoms with Crippen LogP contribution in [-0.4, -0.2) is 29.2 Å². The number of hydrogen-bond acceptors (Lipinski definition) is 6. The predicted molar refractivity (Wildman–Crippen MR) is 78.9 cm³/mol. The van der Waals surface area contributed by atoms with Gasteiger partial charge in [0.25, 0.3) is 11.6 Å². The maximum absolute atomic E-state index is 11.3. The molecule has 1 aliphatic rings. The highest BCUT2D eigenvalue weighted by Crippen LogP contribution is 2.25. The Labute approximate surface area is 129 Å². The molecule has 3 rings (SSSR count). The molecule has 0 spiro atoms. The second-order valence-corrected chi connectivity index (χ2v) is 4.65. The van der Waals surface area contributed by atoms with Crippen LogP contribution in [0.15, 0.2) is 45.8 Å². The third-order valence-corrected chi connectivity index (χ3v) is 3.07. The number of urea groups is 1. The number of nitrogens with zero attached hydrogens (tertiary/aromatic N) is 2. The molecule has 116 valence electrons. The van der Waals surface area contributed by atoms with Crippen LogP contribution in [0.1, 0.15) is 5.76 Å². The van der Waals surface area contributed by atoms with E-state index in [0.29, 0.717) is 17.1 Å². The highest BCUT2D eigenvalue weighted by molar-refractivity contribution is 6.04. The van der Waals surface area contributed by atoms with E-state index in [1.807, 2.05) is 0 Å². The molecule has 9 nitrogen and oxygen atoms in total. The van der Waals surface area contributed by atoms with Gasteiger partial charge < -0.3 is 9.73 Å². The number of amides is 3. The molecule has 1 aromatic carbocycles. The van der Waals surface area contributed by atoms with Crippen molar-refractivity contribution in [2.75, 3.05) is 0 Å². The summed E-state index contributed by atoms with van der Waals surface area (Å²) < 4.78 is 5.51. The van der Waals surface area contributed by atoms with Crippen LogP contribution in [-0.2, 0) is 4.79 Å². The maximum Gasteiger partial charge on any atom is 0.323 e. The summed E-state index contributed by atoms with van der Waals surface area (Å²) >= 11 is 0. The summed E-state index contributed by atoms with van der Waals surface area (Å²) in [6.45, 7) is 0. The first-order valence-electron chi connectivity index (χ1n) is 6.52. The van der Waals surface area contributed by atoms with Gasteiger partial charge in [-0.25, -0.2) is 4.79 Å². The number of nitrogens with one attached hydrogen (secondary N) is 2. The average molecular weight is 314 g/mol. The van der Waals surface area contributed by atoms with Crippen molar-refractivity contribution >= 4 is 23.8 Å². The second kappa shape index (κ2) is 5.72. The Bertz CT molecular complexity index is 826. The Kier molecular flexibility index (Phi) is 3.59. The Hall–Kier alpha value is -3.49. The highest BCUT2D eigenvalue weighted by Gasteiger charge is 2.28. The minimum atomic E-state index is -0.992. The maximum atomic E-state index is 11.3. The fourth-order valence-corrected chi connectivity index (χ4v) is 2.01. The number of furan rings is 1. The lowest BCUT2D eigenvalue weighted by Gasteiger charge is -1.98. The molecule has 3 amide bonds. The molecular weight excluding hydrogens is 304 g/mol. The van der Waals surface area contributed by atoms with E-state index in [2.05, 4.69) is 15.6 Å². The van der Waals surface area contributed by atoms with Crippen molar-refractivity contribution < 1.29 is 18.9 Å². The molecule has 23 heavy (non-hydrogen) atoms. The fourth-order valence-electron chi connectivity index (χ4n) is 2.01. The van der Waals surface area contributed by atoms with Gasteiger partial charge in [0.05, 0.1) is 11.1 Å². The van der Waals surface area contributed by atoms with Gasteiger partial charge in [0.15, 0.2) is 0 Å². The molecule has 0 aliphatic carbocycles. The van der Waals surface area contributed by atoms with Crippen LogP contribution in [0.5, 0.6) is 0 Å². The van der Waals surface area contributed by atoms with E-state index in [9.17, 15) is 19.7 Å². The summed E-state index contributed by atoms with van der Waals surface area (Å²) in [7, 11) is 0. The van der Waals surface area contributed by atoms with Crippen molar-refractivity contribution in [2.45, 2.75) is 6.17 Å². The van der Waals surface area contributed by atoms with Crippen LogP contribution in [0.4, 0.5) is 10.5 Å². The van der Waals surface area contributed by atoms with Gasteiger partial charge in [0.1, 0.15) is 11.5 Å². The molecule has 0 bridgehead atoms. The largest absolute Gasteiger partial charge is 0.455 e. The van der Waals surface area contributed by atoms with Gasteiger partial charge >= 0.3 is 6.03 Å². The minimum absolute atomic E-state index is 0.0422. The topological polar surface area (TPSA) is 127 Å². The second-order valence-electron chi connectivity index (χ2n) is 4.65. The monoisotopic (exact) mass is 314 g/mol. The number of non-ortho nitro benzene ring substituents is 1. The minimum Gasteiger partial charge on any atom is -0.455 e. The molecule has 1 saturated heterocycles. The summed E-state index contributed by atoms with van der Waals surface area (Å²) in [5.74, 6) is 0.229. The summed E-state index contributed by atoms with van der Waals surface area (Å²) in [5, 5.41) is 15.1. The fraction of sp³-hybridized carbons (Fsp3) is 0.0714. The molecule has 2 aromatic rings. The standard InChI is InChI=1S/C14H10N4O5/c19-13-12(16-14(20)17-13)15-7-10-4-5-11(23-10)8-2-1-3-9(6-8)18(21)22/h1-7,12H,(H2,16,17,19,20). The Morgan fingerprint density at radius 2 is 2.09 bits per heavy atom. The number of rotatable bonds is 4. The molecule has 2 heterocycles. The van der Waals surface area contributed by atoms with Crippen molar-refractivity contribution in [1.82, 2.24) is 10.6 Å². The molecule has 1 aliphatic heterocycles. The summed E-state index contributed by atoms with van der Waals surface area (Å²) in [4.78, 5) is 36.5. The van der Waals surface area contributed by atoms with Crippen LogP contribution in [0.3, 0.4) is 0 Å². The van der Waals surface area contributed by atoms with Gasteiger partial charge in [-0.1, -0.05) is 12.1 Å². The van der Waals surface area contributed by atoms with Gasteiger partial charge in [-0.3, -0.25) is 25.2 Å². The summed E-state index contributed by atoms with van der Waals surface area (Å²) in [6.07, 6.45) is 0.310. The zero-order valence-electron chi connectivity index (χ0n) is 11.6. The molecule has 0 saturated carbocycles. The van der Waals surface area contributed by atoms with Crippen LogP contribution in [0.25, 0.3) is 11.3 Å². The van der Waals surface area contributed by atoms with Crippen molar-refractivity contribution in [3.8, 4) is 11.3 Å². The molecule has 9 heteroatoms. The van der Waals surface area contributed by atoms with Gasteiger partial charge in [0.2, 0.25) is 6.17 Å². The van der Waals surface area contributed by atoms with E-state index in [-0.39, 0.29) is 5.69 Å². The van der Waals surface area contributed by atoms with Gasteiger partial charge in [-0.2, -0.15) is 0 Å². The number of nitro benzene ring substituents is 1. The Morgan fingerprint density at radius 3 is 2.78 bits per heavy atom. The molecule has 1 aromatic heterocycles. The van der Waals surface area contributed by atoms with Gasteiger partial charge in [-0.05, 0) is 12.1 Å².